The van der Waals surface area contributed by atoms with Crippen molar-refractivity contribution in [3.05, 3.63) is 29.5 Å². The summed E-state index contributed by atoms with van der Waals surface area (Å²) in [5.74, 6) is 0.240. The molecule has 0 unspecified atom stereocenters. The molecule has 0 saturated carbocycles. The van der Waals surface area contributed by atoms with E-state index in [-0.39, 0.29) is 11.2 Å². The molecule has 0 fully saturated rings. The molecule has 0 amide bonds. The third-order valence-corrected chi connectivity index (χ3v) is 3.90. The van der Waals surface area contributed by atoms with Crippen LogP contribution < -0.4 is 5.73 Å². The molecule has 1 aromatic heterocycles. The molecule has 1 heterocycles. The predicted octanol–water partition coefficient (Wildman–Crippen LogP) is 3.04. The van der Waals surface area contributed by atoms with E-state index in [9.17, 15) is 5.11 Å². The number of benzene rings is 1. The van der Waals surface area contributed by atoms with Crippen LogP contribution in [0.15, 0.2) is 18.2 Å². The fraction of sp³-hybridized carbons (Fsp3) is 0.400. The Morgan fingerprint density at radius 1 is 1.33 bits per heavy atom. The lowest BCUT2D eigenvalue weighted by Gasteiger charge is -2.31. The van der Waals surface area contributed by atoms with Crippen LogP contribution in [0.25, 0.3) is 10.9 Å². The normalized spacial score (nSPS) is 17.7. The molecular weight excluding hydrogens is 224 g/mol. The van der Waals surface area contributed by atoms with E-state index in [1.165, 1.54) is 5.56 Å². The monoisotopic (exact) mass is 242 g/mol. The molecule has 1 aromatic carbocycles. The average Bonchev–Trinajstić information content (AvgIpc) is 2.27. The van der Waals surface area contributed by atoms with Crippen molar-refractivity contribution < 1.29 is 5.11 Å². The number of nitrogen functional groups attached to an aromatic ring is 1. The van der Waals surface area contributed by atoms with Gasteiger partial charge in [-0.2, -0.15) is 0 Å². The van der Waals surface area contributed by atoms with Crippen LogP contribution in [-0.2, 0) is 12.8 Å². The molecule has 18 heavy (non-hydrogen) atoms. The van der Waals surface area contributed by atoms with Crippen molar-refractivity contribution in [2.45, 2.75) is 33.1 Å². The number of aromatic hydroxyl groups is 1. The van der Waals surface area contributed by atoms with Crippen molar-refractivity contribution in [1.29, 1.82) is 0 Å². The fourth-order valence-corrected chi connectivity index (χ4v) is 2.80. The largest absolute Gasteiger partial charge is 0.508 e. The molecule has 0 aliphatic heterocycles. The minimum atomic E-state index is 0.240. The fourth-order valence-electron chi connectivity index (χ4n) is 2.80. The number of pyridine rings is 1. The number of rotatable bonds is 0. The lowest BCUT2D eigenvalue weighted by Crippen LogP contribution is -2.24. The van der Waals surface area contributed by atoms with Gasteiger partial charge in [0.1, 0.15) is 5.75 Å². The van der Waals surface area contributed by atoms with Gasteiger partial charge in [0.05, 0.1) is 5.52 Å². The number of anilines is 1. The SMILES string of the molecule is CC1(C)CCc2c(nc3cc(O)ccc3c2N)C1. The molecule has 3 rings (SSSR count). The van der Waals surface area contributed by atoms with Crippen LogP contribution >= 0.6 is 0 Å². The van der Waals surface area contributed by atoms with Gasteiger partial charge < -0.3 is 10.8 Å². The lowest BCUT2D eigenvalue weighted by molar-refractivity contribution is 0.311. The zero-order chi connectivity index (χ0) is 12.9. The molecule has 0 atom stereocenters. The highest BCUT2D eigenvalue weighted by molar-refractivity contribution is 5.93. The average molecular weight is 242 g/mol. The van der Waals surface area contributed by atoms with E-state index in [4.69, 9.17) is 10.7 Å². The van der Waals surface area contributed by atoms with Crippen molar-refractivity contribution in [3.8, 4) is 5.75 Å². The van der Waals surface area contributed by atoms with E-state index < -0.39 is 0 Å². The van der Waals surface area contributed by atoms with Crippen LogP contribution in [0.4, 0.5) is 5.69 Å². The molecule has 2 aromatic rings. The first kappa shape index (κ1) is 11.3. The third-order valence-electron chi connectivity index (χ3n) is 3.90. The Hall–Kier alpha value is -1.77. The number of nitrogens with zero attached hydrogens (tertiary/aromatic N) is 1. The van der Waals surface area contributed by atoms with E-state index >= 15 is 0 Å². The quantitative estimate of drug-likeness (QED) is 0.746. The number of hydrogen-bond acceptors (Lipinski definition) is 3. The molecule has 94 valence electrons. The highest BCUT2D eigenvalue weighted by Gasteiger charge is 2.28. The highest BCUT2D eigenvalue weighted by Crippen LogP contribution is 2.38. The van der Waals surface area contributed by atoms with Crippen LogP contribution in [-0.4, -0.2) is 10.1 Å². The van der Waals surface area contributed by atoms with E-state index in [0.29, 0.717) is 0 Å². The number of phenolic OH excluding ortho intramolecular Hbond substituents is 1. The van der Waals surface area contributed by atoms with E-state index in [1.807, 2.05) is 6.07 Å². The van der Waals surface area contributed by atoms with Gasteiger partial charge in [-0.3, -0.25) is 4.98 Å². The standard InChI is InChI=1S/C15H18N2O/c1-15(2)6-5-11-13(8-15)17-12-7-9(18)3-4-10(12)14(11)16/h3-4,7,18H,5-6,8H2,1-2H3,(H2,16,17). The van der Waals surface area contributed by atoms with Crippen LogP contribution in [0.3, 0.4) is 0 Å². The van der Waals surface area contributed by atoms with E-state index in [1.54, 1.807) is 12.1 Å². The molecule has 0 spiro atoms. The number of nitrogens with two attached hydrogens (primary N) is 1. The summed E-state index contributed by atoms with van der Waals surface area (Å²) in [5.41, 5.74) is 10.5. The molecule has 3 heteroatoms. The first-order chi connectivity index (χ1) is 8.46. The zero-order valence-corrected chi connectivity index (χ0v) is 10.8. The Balaban J connectivity index is 2.26. The summed E-state index contributed by atoms with van der Waals surface area (Å²) >= 11 is 0. The summed E-state index contributed by atoms with van der Waals surface area (Å²) in [7, 11) is 0. The van der Waals surface area contributed by atoms with Crippen LogP contribution in [0.2, 0.25) is 0 Å². The maximum atomic E-state index is 9.55. The highest BCUT2D eigenvalue weighted by atomic mass is 16.3. The first-order valence-corrected chi connectivity index (χ1v) is 6.36. The van der Waals surface area contributed by atoms with Crippen LogP contribution in [0.5, 0.6) is 5.75 Å². The third kappa shape index (κ3) is 1.70. The molecule has 0 radical (unpaired) electrons. The van der Waals surface area contributed by atoms with Crippen LogP contribution in [0, 0.1) is 5.41 Å². The lowest BCUT2D eigenvalue weighted by atomic mass is 9.75. The van der Waals surface area contributed by atoms with Gasteiger partial charge in [-0.15, -0.1) is 0 Å². The molecule has 3 N–H and O–H groups in total. The minimum absolute atomic E-state index is 0.240. The molecule has 1 aliphatic rings. The molecule has 0 bridgehead atoms. The first-order valence-electron chi connectivity index (χ1n) is 6.36. The molecule has 1 aliphatic carbocycles. The van der Waals surface area contributed by atoms with Gasteiger partial charge in [-0.1, -0.05) is 13.8 Å². The number of phenols is 1. The van der Waals surface area contributed by atoms with Crippen molar-refractivity contribution in [1.82, 2.24) is 4.98 Å². The van der Waals surface area contributed by atoms with Crippen LogP contribution in [0.1, 0.15) is 31.5 Å². The predicted molar refractivity (Wildman–Crippen MR) is 73.6 cm³/mol. The Labute approximate surface area is 107 Å². The maximum absolute atomic E-state index is 9.55. The minimum Gasteiger partial charge on any atom is -0.508 e. The molecule has 0 saturated heterocycles. The van der Waals surface area contributed by atoms with Gasteiger partial charge in [-0.05, 0) is 42.4 Å². The Morgan fingerprint density at radius 3 is 2.89 bits per heavy atom. The van der Waals surface area contributed by atoms with E-state index in [0.717, 1.165) is 41.5 Å². The summed E-state index contributed by atoms with van der Waals surface area (Å²) < 4.78 is 0. The van der Waals surface area contributed by atoms with Crippen molar-refractivity contribution >= 4 is 16.6 Å². The van der Waals surface area contributed by atoms with Gasteiger partial charge in [0.15, 0.2) is 0 Å². The van der Waals surface area contributed by atoms with Crippen molar-refractivity contribution in [2.24, 2.45) is 5.41 Å². The zero-order valence-electron chi connectivity index (χ0n) is 10.8. The van der Waals surface area contributed by atoms with Gasteiger partial charge >= 0.3 is 0 Å². The second-order valence-corrected chi connectivity index (χ2v) is 5.99. The summed E-state index contributed by atoms with van der Waals surface area (Å²) in [4.78, 5) is 4.69. The molecular formula is C15H18N2O. The smallest absolute Gasteiger partial charge is 0.117 e. The van der Waals surface area contributed by atoms with Gasteiger partial charge in [0.25, 0.3) is 0 Å². The molecule has 3 nitrogen and oxygen atoms in total. The van der Waals surface area contributed by atoms with Gasteiger partial charge in [0.2, 0.25) is 0 Å². The van der Waals surface area contributed by atoms with Crippen molar-refractivity contribution in [3.63, 3.8) is 0 Å². The summed E-state index contributed by atoms with van der Waals surface area (Å²) in [5, 5.41) is 10.5. The number of fused-ring (bicyclic) bond motifs is 2. The van der Waals surface area contributed by atoms with Gasteiger partial charge in [-0.25, -0.2) is 0 Å². The summed E-state index contributed by atoms with van der Waals surface area (Å²) in [6, 6.07) is 5.21. The Morgan fingerprint density at radius 2 is 2.11 bits per heavy atom. The number of hydrogen-bond donors (Lipinski definition) is 2. The topological polar surface area (TPSA) is 59.1 Å². The Bertz CT molecular complexity index is 632. The van der Waals surface area contributed by atoms with E-state index in [2.05, 4.69) is 13.8 Å². The number of aromatic nitrogens is 1. The summed E-state index contributed by atoms with van der Waals surface area (Å²) in [6.07, 6.45) is 3.10. The second-order valence-electron chi connectivity index (χ2n) is 5.99. The van der Waals surface area contributed by atoms with Gasteiger partial charge in [0, 0.05) is 22.8 Å². The second kappa shape index (κ2) is 3.61. The van der Waals surface area contributed by atoms with Crippen molar-refractivity contribution in [2.75, 3.05) is 5.73 Å². The summed E-state index contributed by atoms with van der Waals surface area (Å²) in [6.45, 7) is 4.53. The maximum Gasteiger partial charge on any atom is 0.117 e. The Kier molecular flexibility index (Phi) is 2.27.